The molecule has 0 bridgehead atoms. The van der Waals surface area contributed by atoms with E-state index in [1.165, 1.54) is 0 Å². The molecule has 2 aliphatic heterocycles. The predicted octanol–water partition coefficient (Wildman–Crippen LogP) is 2.17. The Bertz CT molecular complexity index is 565. The van der Waals surface area contributed by atoms with Gasteiger partial charge in [0.25, 0.3) is 0 Å². The summed E-state index contributed by atoms with van der Waals surface area (Å²) in [7, 11) is 0. The average molecular weight is 431 g/mol. The molecule has 2 heterocycles. The van der Waals surface area contributed by atoms with Crippen molar-refractivity contribution in [3.63, 3.8) is 0 Å². The van der Waals surface area contributed by atoms with Crippen molar-refractivity contribution in [1.29, 1.82) is 0 Å². The van der Waals surface area contributed by atoms with Gasteiger partial charge in [0.05, 0.1) is 12.1 Å². The average Bonchev–Trinajstić information content (AvgIpc) is 3.27. The minimum absolute atomic E-state index is 0.407. The minimum atomic E-state index is -1.22. The van der Waals surface area contributed by atoms with Gasteiger partial charge in [0.15, 0.2) is 0 Å². The summed E-state index contributed by atoms with van der Waals surface area (Å²) in [6.07, 6.45) is -1.67. The van der Waals surface area contributed by atoms with Crippen LogP contribution in [0.25, 0.3) is 0 Å². The van der Waals surface area contributed by atoms with Crippen LogP contribution in [-0.2, 0) is 19.1 Å². The van der Waals surface area contributed by atoms with Crippen molar-refractivity contribution in [2.24, 2.45) is 0 Å². The first-order valence-corrected chi connectivity index (χ1v) is 10.2. The van der Waals surface area contributed by atoms with Crippen LogP contribution < -0.4 is 10.6 Å². The van der Waals surface area contributed by atoms with Crippen molar-refractivity contribution in [3.8, 4) is 0 Å². The number of hydroxylamine groups is 4. The second-order valence-corrected chi connectivity index (χ2v) is 9.34. The number of carbonyl (C=O) groups excluding carboxylic acids is 3. The maximum absolute atomic E-state index is 12.6. The molecule has 2 saturated heterocycles. The van der Waals surface area contributed by atoms with Crippen LogP contribution >= 0.6 is 0 Å². The Labute approximate surface area is 177 Å². The van der Waals surface area contributed by atoms with Crippen molar-refractivity contribution in [2.45, 2.75) is 77.7 Å². The summed E-state index contributed by atoms with van der Waals surface area (Å²) in [5.41, 5.74) is -1.54. The summed E-state index contributed by atoms with van der Waals surface area (Å²) < 4.78 is 10.7. The lowest BCUT2D eigenvalue weighted by atomic mass is 10.2. The number of carbonyl (C=O) groups is 3. The van der Waals surface area contributed by atoms with E-state index in [1.54, 1.807) is 41.5 Å². The molecule has 0 saturated carbocycles. The maximum Gasteiger partial charge on any atom is 0.559 e. The van der Waals surface area contributed by atoms with E-state index in [4.69, 9.17) is 19.1 Å². The molecule has 2 amide bonds. The van der Waals surface area contributed by atoms with Crippen LogP contribution in [-0.4, -0.2) is 77.9 Å². The molecular formula is C19H34N4O7. The largest absolute Gasteiger partial charge is 0.559 e. The molecule has 0 aromatic rings. The summed E-state index contributed by atoms with van der Waals surface area (Å²) in [6, 6.07) is -0.814. The van der Waals surface area contributed by atoms with Crippen LogP contribution in [0.4, 0.5) is 14.4 Å². The van der Waals surface area contributed by atoms with Gasteiger partial charge in [-0.25, -0.2) is 9.59 Å². The van der Waals surface area contributed by atoms with E-state index in [9.17, 15) is 14.4 Å². The van der Waals surface area contributed by atoms with Gasteiger partial charge in [0.2, 0.25) is 0 Å². The molecule has 0 aromatic heterocycles. The molecule has 0 aromatic carbocycles. The van der Waals surface area contributed by atoms with Gasteiger partial charge in [-0.05, 0) is 67.5 Å². The Hall–Kier alpha value is -2.27. The second kappa shape index (κ2) is 9.69. The monoisotopic (exact) mass is 430 g/mol. The van der Waals surface area contributed by atoms with Crippen LogP contribution in [0, 0.1) is 0 Å². The molecule has 30 heavy (non-hydrogen) atoms. The highest BCUT2D eigenvalue weighted by molar-refractivity contribution is 5.72. The van der Waals surface area contributed by atoms with Crippen LogP contribution in [0.1, 0.15) is 54.4 Å². The predicted molar refractivity (Wildman–Crippen MR) is 106 cm³/mol. The van der Waals surface area contributed by atoms with Gasteiger partial charge in [-0.1, -0.05) is 0 Å². The number of rotatable bonds is 2. The van der Waals surface area contributed by atoms with Gasteiger partial charge in [0.1, 0.15) is 11.2 Å². The lowest BCUT2D eigenvalue weighted by Gasteiger charge is -2.31. The molecular weight excluding hydrogens is 396 g/mol. The molecule has 2 rings (SSSR count). The second-order valence-electron chi connectivity index (χ2n) is 9.34. The molecule has 0 aliphatic carbocycles. The SMILES string of the molecule is CC(C)(C)OC(=O)N(OC(=O)ON(C(=O)OC(C)(C)C)C1CCNC1)C1CCNC1. The highest BCUT2D eigenvalue weighted by Crippen LogP contribution is 2.19. The number of nitrogens with zero attached hydrogens (tertiary/aromatic N) is 2. The van der Waals surface area contributed by atoms with Crippen molar-refractivity contribution < 1.29 is 33.5 Å². The van der Waals surface area contributed by atoms with Gasteiger partial charge in [-0.15, -0.1) is 10.1 Å². The molecule has 2 atom stereocenters. The lowest BCUT2D eigenvalue weighted by Crippen LogP contribution is -2.49. The van der Waals surface area contributed by atoms with Crippen molar-refractivity contribution in [2.75, 3.05) is 26.2 Å². The summed E-state index contributed by atoms with van der Waals surface area (Å²) >= 11 is 0. The first-order valence-electron chi connectivity index (χ1n) is 10.2. The zero-order valence-electron chi connectivity index (χ0n) is 18.6. The fourth-order valence-corrected chi connectivity index (χ4v) is 2.99. The molecule has 2 unspecified atom stereocenters. The first-order chi connectivity index (χ1) is 13.9. The van der Waals surface area contributed by atoms with E-state index in [0.717, 1.165) is 10.1 Å². The topological polar surface area (TPSA) is 119 Å². The van der Waals surface area contributed by atoms with Gasteiger partial charge in [-0.3, -0.25) is 9.68 Å². The van der Waals surface area contributed by atoms with Crippen LogP contribution in [0.2, 0.25) is 0 Å². The number of hydrogen-bond acceptors (Lipinski definition) is 9. The number of ether oxygens (including phenoxy) is 2. The quantitative estimate of drug-likeness (QED) is 0.635. The number of amides is 2. The summed E-state index contributed by atoms with van der Waals surface area (Å²) in [5, 5.41) is 7.94. The summed E-state index contributed by atoms with van der Waals surface area (Å²) in [6.45, 7) is 12.5. The molecule has 0 spiro atoms. The molecule has 11 nitrogen and oxygen atoms in total. The van der Waals surface area contributed by atoms with Crippen LogP contribution in [0.3, 0.4) is 0 Å². The molecule has 172 valence electrons. The van der Waals surface area contributed by atoms with E-state index in [0.29, 0.717) is 39.0 Å². The third-order valence-electron chi connectivity index (χ3n) is 4.22. The fraction of sp³-hybridized carbons (Fsp3) is 0.842. The van der Waals surface area contributed by atoms with E-state index in [1.807, 2.05) is 0 Å². The smallest absolute Gasteiger partial charge is 0.442 e. The van der Waals surface area contributed by atoms with Crippen molar-refractivity contribution in [3.05, 3.63) is 0 Å². The van der Waals surface area contributed by atoms with Gasteiger partial charge >= 0.3 is 18.3 Å². The van der Waals surface area contributed by atoms with E-state index in [2.05, 4.69) is 10.6 Å². The molecule has 2 fully saturated rings. The first kappa shape index (κ1) is 24.0. The van der Waals surface area contributed by atoms with Crippen molar-refractivity contribution in [1.82, 2.24) is 20.8 Å². The zero-order chi connectivity index (χ0) is 22.5. The maximum atomic E-state index is 12.6. The van der Waals surface area contributed by atoms with Crippen molar-refractivity contribution >= 4 is 18.3 Å². The third-order valence-corrected chi connectivity index (χ3v) is 4.22. The Kier molecular flexibility index (Phi) is 7.75. The normalized spacial score (nSPS) is 21.7. The Balaban J connectivity index is 2.09. The lowest BCUT2D eigenvalue weighted by molar-refractivity contribution is -0.191. The summed E-state index contributed by atoms with van der Waals surface area (Å²) in [5.74, 6) is 0. The van der Waals surface area contributed by atoms with E-state index in [-0.39, 0.29) is 0 Å². The molecule has 2 aliphatic rings. The number of nitrogens with one attached hydrogen (secondary N) is 2. The zero-order valence-corrected chi connectivity index (χ0v) is 18.6. The highest BCUT2D eigenvalue weighted by atomic mass is 16.9. The van der Waals surface area contributed by atoms with Gasteiger partial charge in [0, 0.05) is 13.1 Å². The highest BCUT2D eigenvalue weighted by Gasteiger charge is 2.38. The number of hydrogen-bond donors (Lipinski definition) is 2. The Morgan fingerprint density at radius 2 is 1.10 bits per heavy atom. The molecule has 11 heteroatoms. The summed E-state index contributed by atoms with van der Waals surface area (Å²) in [4.78, 5) is 48.1. The van der Waals surface area contributed by atoms with Gasteiger partial charge in [-0.2, -0.15) is 4.79 Å². The molecule has 0 radical (unpaired) electrons. The van der Waals surface area contributed by atoms with Crippen LogP contribution in [0.5, 0.6) is 0 Å². The van der Waals surface area contributed by atoms with Crippen LogP contribution in [0.15, 0.2) is 0 Å². The van der Waals surface area contributed by atoms with E-state index >= 15 is 0 Å². The minimum Gasteiger partial charge on any atom is -0.442 e. The standard InChI is InChI=1S/C19H34N4O7/c1-18(2,3)27-15(24)22(13-7-9-20-11-13)29-17(26)30-23(14-8-10-21-12-14)16(25)28-19(4,5)6/h13-14,20-21H,7-12H2,1-6H3. The third kappa shape index (κ3) is 7.52. The van der Waals surface area contributed by atoms with Gasteiger partial charge < -0.3 is 20.1 Å². The fourth-order valence-electron chi connectivity index (χ4n) is 2.99. The van der Waals surface area contributed by atoms with E-state index < -0.39 is 41.6 Å². The Morgan fingerprint density at radius 1 is 0.733 bits per heavy atom. The Morgan fingerprint density at radius 3 is 1.37 bits per heavy atom. The molecule has 2 N–H and O–H groups in total.